The number of fused-ring (bicyclic) bond motifs is 2. The predicted molar refractivity (Wildman–Crippen MR) is 203 cm³/mol. The second-order valence-corrected chi connectivity index (χ2v) is 14.0. The zero-order valence-electron chi connectivity index (χ0n) is 29.7. The first-order valence-corrected chi connectivity index (χ1v) is 17.7. The van der Waals surface area contributed by atoms with Gasteiger partial charge in [-0.05, 0) is 123 Å². The van der Waals surface area contributed by atoms with Crippen LogP contribution < -0.4 is 10.6 Å². The van der Waals surface area contributed by atoms with Gasteiger partial charge < -0.3 is 20.8 Å². The molecule has 4 N–H and O–H groups in total. The maximum absolute atomic E-state index is 11.9. The van der Waals surface area contributed by atoms with Crippen LogP contribution in [0.5, 0.6) is 0 Å². The van der Waals surface area contributed by atoms with E-state index in [1.54, 1.807) is 38.6 Å². The summed E-state index contributed by atoms with van der Waals surface area (Å²) in [6.07, 6.45) is 9.93. The van der Waals surface area contributed by atoms with Crippen LogP contribution in [0.2, 0.25) is 0 Å². The highest BCUT2D eigenvalue weighted by Gasteiger charge is 2.30. The van der Waals surface area contributed by atoms with Crippen molar-refractivity contribution in [1.82, 2.24) is 19.9 Å². The normalized spacial score (nSPS) is 15.0. The van der Waals surface area contributed by atoms with Gasteiger partial charge in [0.2, 0.25) is 11.8 Å². The molecule has 0 spiro atoms. The number of nitrogens with zero attached hydrogens (tertiary/aromatic N) is 4. The van der Waals surface area contributed by atoms with Crippen molar-refractivity contribution in [3.05, 3.63) is 108 Å². The monoisotopic (exact) mass is 694 g/mol. The molecule has 4 heterocycles. The first kappa shape index (κ1) is 34.9. The number of aryl methyl sites for hydroxylation is 2. The van der Waals surface area contributed by atoms with Crippen LogP contribution in [0, 0.1) is 25.7 Å². The number of carbonyl (C=O) groups is 2. The van der Waals surface area contributed by atoms with E-state index in [1.165, 1.54) is 0 Å². The summed E-state index contributed by atoms with van der Waals surface area (Å²) in [4.78, 5) is 41.2. The van der Waals surface area contributed by atoms with Gasteiger partial charge in [-0.1, -0.05) is 24.3 Å². The fourth-order valence-corrected chi connectivity index (χ4v) is 6.12. The van der Waals surface area contributed by atoms with E-state index in [9.17, 15) is 19.8 Å². The van der Waals surface area contributed by atoms with Gasteiger partial charge in [-0.15, -0.1) is 0 Å². The highest BCUT2D eigenvalue weighted by atomic mass is 16.3. The molecule has 2 aromatic carbocycles. The molecule has 2 amide bonds. The van der Waals surface area contributed by atoms with Crippen molar-refractivity contribution in [2.45, 2.75) is 65.6 Å². The van der Waals surface area contributed by atoms with Crippen molar-refractivity contribution in [3.63, 3.8) is 0 Å². The molecule has 2 atom stereocenters. The standard InChI is InChI=1S/2C21H21N3O2/c2*1-12-7-19(13(2)25)22-11-18(12)16-6-5-15-9-20(23-10-17(15)8-16)24-21(26)14-3-4-14/h2*5-11,13-14,25H,3-4H2,1-2H3,(H,23,24,26)/t2*13-/m10/s1. The number of carbonyl (C=O) groups excluding carboxylic acids is 2. The van der Waals surface area contributed by atoms with Gasteiger partial charge in [0.05, 0.1) is 23.6 Å². The minimum atomic E-state index is -0.576. The Kier molecular flexibility index (Phi) is 9.77. The molecule has 4 aromatic heterocycles. The molecule has 0 saturated heterocycles. The van der Waals surface area contributed by atoms with E-state index in [0.717, 1.165) is 80.6 Å². The van der Waals surface area contributed by atoms with Gasteiger partial charge in [0.15, 0.2) is 0 Å². The van der Waals surface area contributed by atoms with E-state index in [2.05, 4.69) is 42.7 Å². The molecule has 264 valence electrons. The topological polar surface area (TPSA) is 150 Å². The summed E-state index contributed by atoms with van der Waals surface area (Å²) in [5, 5.41) is 29.2. The van der Waals surface area contributed by atoms with Crippen LogP contribution in [0.25, 0.3) is 43.8 Å². The summed E-state index contributed by atoms with van der Waals surface area (Å²) in [5.41, 5.74) is 7.64. The van der Waals surface area contributed by atoms with Gasteiger partial charge in [0.25, 0.3) is 0 Å². The number of aliphatic hydroxyl groups excluding tert-OH is 2. The van der Waals surface area contributed by atoms with Crippen LogP contribution >= 0.6 is 0 Å². The average Bonchev–Trinajstić information content (AvgIpc) is 4.05. The van der Waals surface area contributed by atoms with E-state index in [0.29, 0.717) is 23.0 Å². The number of nitrogens with one attached hydrogen (secondary N) is 2. The number of benzene rings is 2. The van der Waals surface area contributed by atoms with Gasteiger partial charge >= 0.3 is 0 Å². The van der Waals surface area contributed by atoms with Gasteiger partial charge in [-0.25, -0.2) is 9.97 Å². The molecule has 6 aromatic rings. The number of hydrogen-bond donors (Lipinski definition) is 4. The third-order valence-electron chi connectivity index (χ3n) is 9.58. The molecule has 8 rings (SSSR count). The lowest BCUT2D eigenvalue weighted by atomic mass is 9.99. The Morgan fingerprint density at radius 1 is 0.577 bits per heavy atom. The Hall–Kier alpha value is -5.58. The van der Waals surface area contributed by atoms with Crippen molar-refractivity contribution in [2.24, 2.45) is 11.8 Å². The summed E-state index contributed by atoms with van der Waals surface area (Å²) in [6.45, 7) is 7.45. The Balaban J connectivity index is 0.000000162. The van der Waals surface area contributed by atoms with Gasteiger partial charge in [-0.2, -0.15) is 0 Å². The van der Waals surface area contributed by atoms with Crippen LogP contribution in [0.1, 0.15) is 74.3 Å². The van der Waals surface area contributed by atoms with Crippen LogP contribution in [-0.4, -0.2) is 42.0 Å². The molecule has 2 aliphatic rings. The second kappa shape index (κ2) is 14.6. The quantitative estimate of drug-likeness (QED) is 0.125. The molecule has 0 aliphatic heterocycles. The molecular weight excluding hydrogens is 652 g/mol. The molecule has 10 heteroatoms. The van der Waals surface area contributed by atoms with Crippen LogP contribution in [0.4, 0.5) is 11.6 Å². The van der Waals surface area contributed by atoms with E-state index in [-0.39, 0.29) is 23.7 Å². The molecule has 2 saturated carbocycles. The summed E-state index contributed by atoms with van der Waals surface area (Å²) >= 11 is 0. The number of rotatable bonds is 8. The summed E-state index contributed by atoms with van der Waals surface area (Å²) in [5.74, 6) is 1.65. The van der Waals surface area contributed by atoms with Crippen LogP contribution in [-0.2, 0) is 9.59 Å². The van der Waals surface area contributed by atoms with Crippen LogP contribution in [0.3, 0.4) is 0 Å². The van der Waals surface area contributed by atoms with Gasteiger partial charge in [0.1, 0.15) is 11.6 Å². The smallest absolute Gasteiger partial charge is 0.228 e. The molecule has 10 nitrogen and oxygen atoms in total. The minimum Gasteiger partial charge on any atom is -0.387 e. The fraction of sp³-hybridized carbons (Fsp3) is 0.286. The van der Waals surface area contributed by atoms with Crippen molar-refractivity contribution in [3.8, 4) is 22.3 Å². The number of aliphatic hydroxyl groups is 2. The van der Waals surface area contributed by atoms with Crippen molar-refractivity contribution >= 4 is 45.0 Å². The lowest BCUT2D eigenvalue weighted by Gasteiger charge is -2.11. The molecule has 0 unspecified atom stereocenters. The first-order chi connectivity index (χ1) is 25.0. The predicted octanol–water partition coefficient (Wildman–Crippen LogP) is 8.01. The van der Waals surface area contributed by atoms with Crippen molar-refractivity contribution in [2.75, 3.05) is 10.6 Å². The Labute approximate surface area is 302 Å². The third-order valence-corrected chi connectivity index (χ3v) is 9.58. The van der Waals surface area contributed by atoms with E-state index >= 15 is 0 Å². The SMILES string of the molecule is Cc1cc([C@@H](C)O)ncc1-c1ccc2cc(NC(=O)C3CC3)ncc2c1.Cc1cc([C@H](C)O)ncc1-c1ccc2cc(NC(=O)C3CC3)ncc2c1. The largest absolute Gasteiger partial charge is 0.387 e. The molecule has 2 aliphatic carbocycles. The van der Waals surface area contributed by atoms with E-state index < -0.39 is 12.2 Å². The molecule has 52 heavy (non-hydrogen) atoms. The molecule has 0 bridgehead atoms. The van der Waals surface area contributed by atoms with E-state index in [4.69, 9.17) is 0 Å². The molecular formula is C42H42N6O4. The van der Waals surface area contributed by atoms with Crippen molar-refractivity contribution < 1.29 is 19.8 Å². The number of aromatic nitrogens is 4. The first-order valence-electron chi connectivity index (χ1n) is 17.7. The molecule has 2 fully saturated rings. The van der Waals surface area contributed by atoms with E-state index in [1.807, 2.05) is 62.4 Å². The average molecular weight is 695 g/mol. The van der Waals surface area contributed by atoms with Gasteiger partial charge in [-0.3, -0.25) is 19.6 Å². The summed E-state index contributed by atoms with van der Waals surface area (Å²) in [7, 11) is 0. The summed E-state index contributed by atoms with van der Waals surface area (Å²) < 4.78 is 0. The third kappa shape index (κ3) is 7.98. The molecule has 0 radical (unpaired) electrons. The maximum Gasteiger partial charge on any atom is 0.228 e. The lowest BCUT2D eigenvalue weighted by molar-refractivity contribution is -0.118. The number of amides is 2. The second-order valence-electron chi connectivity index (χ2n) is 14.0. The number of pyridine rings is 4. The minimum absolute atomic E-state index is 0.0633. The fourth-order valence-electron chi connectivity index (χ4n) is 6.12. The highest BCUT2D eigenvalue weighted by Crippen LogP contribution is 2.33. The van der Waals surface area contributed by atoms with Gasteiger partial charge in [0, 0.05) is 58.5 Å². The van der Waals surface area contributed by atoms with Crippen LogP contribution in [0.15, 0.2) is 85.5 Å². The highest BCUT2D eigenvalue weighted by molar-refractivity contribution is 5.97. The lowest BCUT2D eigenvalue weighted by Crippen LogP contribution is -2.14. The Bertz CT molecular complexity index is 2150. The summed E-state index contributed by atoms with van der Waals surface area (Å²) in [6, 6.07) is 19.9. The maximum atomic E-state index is 11.9. The Morgan fingerprint density at radius 2 is 0.981 bits per heavy atom. The zero-order chi connectivity index (χ0) is 36.5. The zero-order valence-corrected chi connectivity index (χ0v) is 29.7. The van der Waals surface area contributed by atoms with Crippen molar-refractivity contribution in [1.29, 1.82) is 0 Å². The number of anilines is 2. The Morgan fingerprint density at radius 3 is 1.33 bits per heavy atom. The number of hydrogen-bond acceptors (Lipinski definition) is 8.